The van der Waals surface area contributed by atoms with E-state index in [0.29, 0.717) is 25.2 Å². The zero-order valence-corrected chi connectivity index (χ0v) is 17.5. The van der Waals surface area contributed by atoms with Gasteiger partial charge in [0.15, 0.2) is 0 Å². The van der Waals surface area contributed by atoms with Crippen LogP contribution in [0, 0.1) is 5.92 Å². The number of hydrazone groups is 1. The van der Waals surface area contributed by atoms with Gasteiger partial charge in [-0.05, 0) is 55.2 Å². The number of hydrogen-bond donors (Lipinski definition) is 1. The number of methoxy groups -OCH3 is 1. The van der Waals surface area contributed by atoms with Crippen LogP contribution in [0.2, 0.25) is 0 Å². The molecule has 0 bridgehead atoms. The Balaban J connectivity index is 1.77. The second-order valence-corrected chi connectivity index (χ2v) is 7.50. The molecule has 2 atom stereocenters. The van der Waals surface area contributed by atoms with Gasteiger partial charge < -0.3 is 10.1 Å². The molecule has 1 aliphatic heterocycles. The second-order valence-electron chi connectivity index (χ2n) is 7.50. The van der Waals surface area contributed by atoms with Crippen LogP contribution in [0.3, 0.4) is 0 Å². The molecule has 0 aromatic carbocycles. The smallest absolute Gasteiger partial charge is 0.114 e. The van der Waals surface area contributed by atoms with E-state index < -0.39 is 0 Å². The summed E-state index contributed by atoms with van der Waals surface area (Å²) < 4.78 is 18.7. The molecule has 0 radical (unpaired) electrons. The minimum absolute atomic E-state index is 0.0782. The Morgan fingerprint density at radius 3 is 2.76 bits per heavy atom. The maximum absolute atomic E-state index is 13.4. The highest BCUT2D eigenvalue weighted by Crippen LogP contribution is 2.29. The first-order valence-corrected chi connectivity index (χ1v) is 10.1. The maximum Gasteiger partial charge on any atom is 0.114 e. The summed E-state index contributed by atoms with van der Waals surface area (Å²) in [5.74, 6) is 1.20. The molecule has 3 aliphatic rings. The predicted molar refractivity (Wildman–Crippen MR) is 118 cm³/mol. The highest BCUT2D eigenvalue weighted by molar-refractivity contribution is 6.01. The van der Waals surface area contributed by atoms with E-state index in [1.165, 1.54) is 5.57 Å². The molecular formula is C24H30FN3O. The third kappa shape index (κ3) is 5.37. The summed E-state index contributed by atoms with van der Waals surface area (Å²) in [6, 6.07) is 0.130. The van der Waals surface area contributed by atoms with Crippen LogP contribution in [0.5, 0.6) is 0 Å². The number of halogens is 1. The van der Waals surface area contributed by atoms with Crippen LogP contribution in [-0.4, -0.2) is 30.9 Å². The van der Waals surface area contributed by atoms with Crippen molar-refractivity contribution in [3.63, 3.8) is 0 Å². The van der Waals surface area contributed by atoms with E-state index in [-0.39, 0.29) is 11.9 Å². The quantitative estimate of drug-likeness (QED) is 0.595. The Bertz CT molecular complexity index is 857. The minimum atomic E-state index is -0.0782. The Labute approximate surface area is 173 Å². The molecule has 0 fully saturated rings. The number of hydrogen-bond acceptors (Lipinski definition) is 4. The molecule has 0 amide bonds. The summed E-state index contributed by atoms with van der Waals surface area (Å²) >= 11 is 0. The van der Waals surface area contributed by atoms with Gasteiger partial charge in [-0.15, -0.1) is 0 Å². The van der Waals surface area contributed by atoms with Gasteiger partial charge in [0, 0.05) is 37.7 Å². The third-order valence-corrected chi connectivity index (χ3v) is 5.44. The molecular weight excluding hydrogens is 365 g/mol. The van der Waals surface area contributed by atoms with E-state index in [1.54, 1.807) is 13.2 Å². The number of ether oxygens (including phenoxy) is 1. The van der Waals surface area contributed by atoms with Gasteiger partial charge in [0.2, 0.25) is 0 Å². The van der Waals surface area contributed by atoms with Crippen LogP contribution in [0.25, 0.3) is 0 Å². The van der Waals surface area contributed by atoms with E-state index >= 15 is 0 Å². The standard InChI is InChI=1S/C24H30FN3O/c1-17(26-3)15-24(20-5-9-22(25)10-6-20)27-28-14-13-21(16-18(28)2)19-7-11-23(29-4)12-8-19/h5,7,9,11-14,16,18-19,26H,1,6,8,10,15H2,2-4H3/b27-24+. The molecule has 5 heteroatoms. The third-order valence-electron chi connectivity index (χ3n) is 5.44. The zero-order valence-electron chi connectivity index (χ0n) is 17.5. The van der Waals surface area contributed by atoms with Crippen LogP contribution in [0.15, 0.2) is 88.8 Å². The molecule has 1 N–H and O–H groups in total. The van der Waals surface area contributed by atoms with Crippen molar-refractivity contribution in [3.8, 4) is 0 Å². The summed E-state index contributed by atoms with van der Waals surface area (Å²) in [6.07, 6.45) is 18.8. The lowest BCUT2D eigenvalue weighted by atomic mass is 9.89. The lowest BCUT2D eigenvalue weighted by molar-refractivity contribution is 0.302. The average Bonchev–Trinajstić information content (AvgIpc) is 2.75. The molecule has 0 aromatic heterocycles. The first kappa shape index (κ1) is 20.9. The summed E-state index contributed by atoms with van der Waals surface area (Å²) in [6.45, 7) is 6.18. The molecule has 1 heterocycles. The van der Waals surface area contributed by atoms with E-state index in [4.69, 9.17) is 9.84 Å². The van der Waals surface area contributed by atoms with Crippen molar-refractivity contribution >= 4 is 5.71 Å². The van der Waals surface area contributed by atoms with E-state index in [1.807, 2.05) is 30.4 Å². The molecule has 0 aromatic rings. The van der Waals surface area contributed by atoms with Crippen molar-refractivity contribution in [2.75, 3.05) is 14.2 Å². The molecule has 154 valence electrons. The first-order chi connectivity index (χ1) is 14.0. The summed E-state index contributed by atoms with van der Waals surface area (Å²) in [5.41, 5.74) is 4.16. The Morgan fingerprint density at radius 2 is 2.17 bits per heavy atom. The monoisotopic (exact) mass is 395 g/mol. The fourth-order valence-corrected chi connectivity index (χ4v) is 3.57. The normalized spacial score (nSPS) is 24.4. The van der Waals surface area contributed by atoms with Crippen molar-refractivity contribution in [2.45, 2.75) is 38.6 Å². The molecule has 0 saturated heterocycles. The maximum atomic E-state index is 13.4. The molecule has 29 heavy (non-hydrogen) atoms. The van der Waals surface area contributed by atoms with Crippen LogP contribution in [0.1, 0.15) is 32.6 Å². The average molecular weight is 396 g/mol. The van der Waals surface area contributed by atoms with Gasteiger partial charge in [-0.3, -0.25) is 5.01 Å². The van der Waals surface area contributed by atoms with Crippen LogP contribution in [-0.2, 0) is 4.74 Å². The molecule has 0 saturated carbocycles. The van der Waals surface area contributed by atoms with Gasteiger partial charge in [-0.1, -0.05) is 24.8 Å². The van der Waals surface area contributed by atoms with Crippen molar-refractivity contribution < 1.29 is 9.13 Å². The fourth-order valence-electron chi connectivity index (χ4n) is 3.57. The van der Waals surface area contributed by atoms with Gasteiger partial charge in [-0.25, -0.2) is 4.39 Å². The van der Waals surface area contributed by atoms with Crippen LogP contribution in [0.4, 0.5) is 4.39 Å². The fraction of sp³-hybridized carbons (Fsp3) is 0.375. The Morgan fingerprint density at radius 1 is 1.34 bits per heavy atom. The highest BCUT2D eigenvalue weighted by Gasteiger charge is 2.20. The second kappa shape index (κ2) is 9.59. The minimum Gasteiger partial charge on any atom is -0.497 e. The Kier molecular flexibility index (Phi) is 6.91. The van der Waals surface area contributed by atoms with Crippen molar-refractivity contribution in [2.24, 2.45) is 11.0 Å². The summed E-state index contributed by atoms with van der Waals surface area (Å²) in [7, 11) is 3.55. The summed E-state index contributed by atoms with van der Waals surface area (Å²) in [5, 5.41) is 9.96. The molecule has 2 unspecified atom stereocenters. The topological polar surface area (TPSA) is 36.9 Å². The summed E-state index contributed by atoms with van der Waals surface area (Å²) in [4.78, 5) is 0. The van der Waals surface area contributed by atoms with Crippen LogP contribution < -0.4 is 5.32 Å². The number of allylic oxidation sites excluding steroid dienone is 10. The van der Waals surface area contributed by atoms with Gasteiger partial charge in [0.05, 0.1) is 18.9 Å². The van der Waals surface area contributed by atoms with E-state index in [9.17, 15) is 4.39 Å². The number of nitrogens with zero attached hydrogens (tertiary/aromatic N) is 2. The van der Waals surface area contributed by atoms with Crippen molar-refractivity contribution in [3.05, 3.63) is 83.7 Å². The molecule has 4 nitrogen and oxygen atoms in total. The Hall–Kier alpha value is -2.82. The SMILES string of the molecule is C=C(C/C(=N\N1C=CC(C2C=CC(OC)=CC2)=CC1C)C1=CC=C(F)CC1)NC. The zero-order chi connectivity index (χ0) is 20.8. The van der Waals surface area contributed by atoms with Gasteiger partial charge >= 0.3 is 0 Å². The number of rotatable bonds is 7. The highest BCUT2D eigenvalue weighted by atomic mass is 19.1. The van der Waals surface area contributed by atoms with E-state index in [0.717, 1.165) is 29.2 Å². The predicted octanol–water partition coefficient (Wildman–Crippen LogP) is 5.29. The van der Waals surface area contributed by atoms with Gasteiger partial charge in [-0.2, -0.15) is 5.10 Å². The molecule has 2 aliphatic carbocycles. The lowest BCUT2D eigenvalue weighted by Crippen LogP contribution is -2.27. The van der Waals surface area contributed by atoms with Gasteiger partial charge in [0.1, 0.15) is 11.6 Å². The largest absolute Gasteiger partial charge is 0.497 e. The molecule has 0 spiro atoms. The van der Waals surface area contributed by atoms with Crippen LogP contribution >= 0.6 is 0 Å². The van der Waals surface area contributed by atoms with Crippen molar-refractivity contribution in [1.82, 2.24) is 10.3 Å². The van der Waals surface area contributed by atoms with Gasteiger partial charge in [0.25, 0.3) is 0 Å². The molecule has 3 rings (SSSR count). The first-order valence-electron chi connectivity index (χ1n) is 10.1. The van der Waals surface area contributed by atoms with E-state index in [2.05, 4.69) is 43.1 Å². The lowest BCUT2D eigenvalue weighted by Gasteiger charge is -2.29. The van der Waals surface area contributed by atoms with Crippen molar-refractivity contribution in [1.29, 1.82) is 0 Å². The number of nitrogens with one attached hydrogen (secondary N) is 1.